The maximum absolute atomic E-state index is 12.2. The number of nitrogens with zero attached hydrogens (tertiary/aromatic N) is 1. The normalized spacial score (nSPS) is 33.5. The molecule has 3 aliphatic heterocycles. The lowest BCUT2D eigenvalue weighted by Gasteiger charge is -2.33. The molecule has 3 fully saturated rings. The second-order valence-corrected chi connectivity index (χ2v) is 6.01. The minimum absolute atomic E-state index is 0. The van der Waals surface area contributed by atoms with Crippen LogP contribution in [0.5, 0.6) is 0 Å². The van der Waals surface area contributed by atoms with Gasteiger partial charge in [-0.15, -0.1) is 24.8 Å². The second-order valence-electron chi connectivity index (χ2n) is 6.01. The first-order chi connectivity index (χ1) is 8.84. The Morgan fingerprint density at radius 1 is 1.00 bits per heavy atom. The number of carbonyl (C=O) groups is 1. The zero-order chi connectivity index (χ0) is 12.4. The lowest BCUT2D eigenvalue weighted by Crippen LogP contribution is -2.53. The zero-order valence-electron chi connectivity index (χ0n) is 12.0. The number of halogens is 2. The Kier molecular flexibility index (Phi) is 7.59. The van der Waals surface area contributed by atoms with Crippen LogP contribution < -0.4 is 10.6 Å². The van der Waals surface area contributed by atoms with Crippen molar-refractivity contribution >= 4 is 30.7 Å². The summed E-state index contributed by atoms with van der Waals surface area (Å²) in [6.07, 6.45) is 8.48. The number of piperidine rings is 2. The predicted octanol–water partition coefficient (Wildman–Crippen LogP) is 1.72. The summed E-state index contributed by atoms with van der Waals surface area (Å²) < 4.78 is 0. The maximum Gasteiger partial charge on any atom is 0.237 e. The lowest BCUT2D eigenvalue weighted by atomic mass is 9.98. The van der Waals surface area contributed by atoms with E-state index in [4.69, 9.17) is 0 Å². The summed E-state index contributed by atoms with van der Waals surface area (Å²) in [6.45, 7) is 3.41. The standard InChI is InChI=1S/C14H25N3O.2ClH/c18-14(12-5-1-3-8-15-12)16-11-7-10-17-9-4-2-6-13(11)17;;/h11-13,15H,1-10H2,(H,16,18);2*1H/t11?,12-,13?;;/m1../s1. The Labute approximate surface area is 134 Å². The van der Waals surface area contributed by atoms with Crippen LogP contribution >= 0.6 is 24.8 Å². The summed E-state index contributed by atoms with van der Waals surface area (Å²) in [4.78, 5) is 14.8. The molecule has 3 saturated heterocycles. The van der Waals surface area contributed by atoms with Gasteiger partial charge in [-0.2, -0.15) is 0 Å². The van der Waals surface area contributed by atoms with Crippen molar-refractivity contribution in [2.24, 2.45) is 0 Å². The highest BCUT2D eigenvalue weighted by Gasteiger charge is 2.37. The maximum atomic E-state index is 12.2. The molecule has 0 aromatic heterocycles. The molecule has 3 atom stereocenters. The molecule has 6 heteroatoms. The number of nitrogens with one attached hydrogen (secondary N) is 2. The molecule has 1 amide bonds. The van der Waals surface area contributed by atoms with Crippen molar-refractivity contribution in [1.29, 1.82) is 0 Å². The molecular formula is C14H27Cl2N3O. The molecular weight excluding hydrogens is 297 g/mol. The van der Waals surface area contributed by atoms with Gasteiger partial charge in [-0.05, 0) is 45.2 Å². The van der Waals surface area contributed by atoms with E-state index in [1.165, 1.54) is 45.2 Å². The van der Waals surface area contributed by atoms with Crippen molar-refractivity contribution in [2.75, 3.05) is 19.6 Å². The highest BCUT2D eigenvalue weighted by molar-refractivity contribution is 5.85. The monoisotopic (exact) mass is 323 g/mol. The molecule has 4 nitrogen and oxygen atoms in total. The van der Waals surface area contributed by atoms with E-state index in [9.17, 15) is 4.79 Å². The Hall–Kier alpha value is -0.0300. The van der Waals surface area contributed by atoms with Gasteiger partial charge in [0.1, 0.15) is 0 Å². The van der Waals surface area contributed by atoms with Crippen molar-refractivity contribution < 1.29 is 4.79 Å². The van der Waals surface area contributed by atoms with E-state index >= 15 is 0 Å². The number of hydrogen-bond acceptors (Lipinski definition) is 3. The van der Waals surface area contributed by atoms with Crippen LogP contribution in [0.15, 0.2) is 0 Å². The summed E-state index contributed by atoms with van der Waals surface area (Å²) >= 11 is 0. The van der Waals surface area contributed by atoms with Crippen molar-refractivity contribution in [3.63, 3.8) is 0 Å². The third-order valence-corrected chi connectivity index (χ3v) is 4.81. The fourth-order valence-electron chi connectivity index (χ4n) is 3.77. The van der Waals surface area contributed by atoms with Gasteiger partial charge in [0.25, 0.3) is 0 Å². The first-order valence-electron chi connectivity index (χ1n) is 7.62. The lowest BCUT2D eigenvalue weighted by molar-refractivity contribution is -0.124. The minimum Gasteiger partial charge on any atom is -0.350 e. The van der Waals surface area contributed by atoms with E-state index in [1.807, 2.05) is 0 Å². The Morgan fingerprint density at radius 3 is 2.55 bits per heavy atom. The van der Waals surface area contributed by atoms with Gasteiger partial charge in [-0.25, -0.2) is 0 Å². The van der Waals surface area contributed by atoms with Gasteiger partial charge in [0.2, 0.25) is 5.91 Å². The number of hydrogen-bond donors (Lipinski definition) is 2. The molecule has 3 heterocycles. The summed E-state index contributed by atoms with van der Waals surface area (Å²) in [5, 5.41) is 6.64. The van der Waals surface area contributed by atoms with Gasteiger partial charge in [0, 0.05) is 18.6 Å². The third-order valence-electron chi connectivity index (χ3n) is 4.81. The molecule has 2 N–H and O–H groups in total. The summed E-state index contributed by atoms with van der Waals surface area (Å²) in [5.74, 6) is 0.243. The number of amides is 1. The van der Waals surface area contributed by atoms with E-state index in [0.29, 0.717) is 12.1 Å². The van der Waals surface area contributed by atoms with Gasteiger partial charge in [0.15, 0.2) is 0 Å². The van der Waals surface area contributed by atoms with Crippen LogP contribution in [0.4, 0.5) is 0 Å². The summed E-state index contributed by atoms with van der Waals surface area (Å²) in [7, 11) is 0. The van der Waals surface area contributed by atoms with E-state index in [0.717, 1.165) is 19.4 Å². The van der Waals surface area contributed by atoms with Gasteiger partial charge in [-0.3, -0.25) is 9.69 Å². The van der Waals surface area contributed by atoms with Crippen LogP contribution in [0.25, 0.3) is 0 Å². The van der Waals surface area contributed by atoms with Crippen molar-refractivity contribution in [2.45, 2.75) is 63.1 Å². The molecule has 3 aliphatic rings. The third kappa shape index (κ3) is 4.00. The average molecular weight is 324 g/mol. The number of rotatable bonds is 2. The van der Waals surface area contributed by atoms with Crippen molar-refractivity contribution in [3.8, 4) is 0 Å². The van der Waals surface area contributed by atoms with Gasteiger partial charge < -0.3 is 10.6 Å². The fraction of sp³-hybridized carbons (Fsp3) is 0.929. The molecule has 0 saturated carbocycles. The highest BCUT2D eigenvalue weighted by atomic mass is 35.5. The van der Waals surface area contributed by atoms with E-state index in [2.05, 4.69) is 15.5 Å². The van der Waals surface area contributed by atoms with E-state index < -0.39 is 0 Å². The molecule has 118 valence electrons. The van der Waals surface area contributed by atoms with Gasteiger partial charge in [-0.1, -0.05) is 12.8 Å². The number of carbonyl (C=O) groups excluding carboxylic acids is 1. The molecule has 0 aromatic rings. The van der Waals surface area contributed by atoms with Crippen LogP contribution in [0, 0.1) is 0 Å². The molecule has 0 aliphatic carbocycles. The van der Waals surface area contributed by atoms with Crippen LogP contribution in [-0.4, -0.2) is 48.6 Å². The van der Waals surface area contributed by atoms with Gasteiger partial charge >= 0.3 is 0 Å². The first kappa shape index (κ1) is 18.0. The number of fused-ring (bicyclic) bond motifs is 1. The average Bonchev–Trinajstić information content (AvgIpc) is 2.83. The summed E-state index contributed by atoms with van der Waals surface area (Å²) in [6, 6.07) is 1.09. The molecule has 0 bridgehead atoms. The zero-order valence-corrected chi connectivity index (χ0v) is 13.6. The van der Waals surface area contributed by atoms with E-state index in [-0.39, 0.29) is 36.8 Å². The Morgan fingerprint density at radius 2 is 1.80 bits per heavy atom. The molecule has 0 radical (unpaired) electrons. The van der Waals surface area contributed by atoms with Crippen LogP contribution in [0.1, 0.15) is 44.9 Å². The highest BCUT2D eigenvalue weighted by Crippen LogP contribution is 2.27. The van der Waals surface area contributed by atoms with Crippen LogP contribution in [0.2, 0.25) is 0 Å². The molecule has 0 aromatic carbocycles. The molecule has 2 unspecified atom stereocenters. The fourth-order valence-corrected chi connectivity index (χ4v) is 3.77. The summed E-state index contributed by atoms with van der Waals surface area (Å²) in [5.41, 5.74) is 0. The second kappa shape index (κ2) is 8.42. The minimum atomic E-state index is 0. The molecule has 20 heavy (non-hydrogen) atoms. The topological polar surface area (TPSA) is 44.4 Å². The quantitative estimate of drug-likeness (QED) is 0.813. The van der Waals surface area contributed by atoms with Crippen molar-refractivity contribution in [3.05, 3.63) is 0 Å². The van der Waals surface area contributed by atoms with Crippen LogP contribution in [0.3, 0.4) is 0 Å². The van der Waals surface area contributed by atoms with Crippen LogP contribution in [-0.2, 0) is 4.79 Å². The SMILES string of the molecule is Cl.Cl.O=C(NC1CCN2CCCCC12)[C@H]1CCCCN1. The van der Waals surface area contributed by atoms with E-state index in [1.54, 1.807) is 0 Å². The Balaban J connectivity index is 0.000001000. The predicted molar refractivity (Wildman–Crippen MR) is 85.9 cm³/mol. The van der Waals surface area contributed by atoms with Crippen molar-refractivity contribution in [1.82, 2.24) is 15.5 Å². The Bertz CT molecular complexity index is 311. The molecule has 0 spiro atoms. The van der Waals surface area contributed by atoms with Gasteiger partial charge in [0.05, 0.1) is 6.04 Å². The largest absolute Gasteiger partial charge is 0.350 e. The smallest absolute Gasteiger partial charge is 0.237 e. The first-order valence-corrected chi connectivity index (χ1v) is 7.62. The molecule has 3 rings (SSSR count).